The fourth-order valence-electron chi connectivity index (χ4n) is 3.16. The van der Waals surface area contributed by atoms with Gasteiger partial charge in [0.1, 0.15) is 6.54 Å². The molecule has 3 rings (SSSR count). The molecule has 1 aliphatic heterocycles. The van der Waals surface area contributed by atoms with E-state index in [2.05, 4.69) is 31.5 Å². The highest BCUT2D eigenvalue weighted by molar-refractivity contribution is 9.10. The minimum Gasteiger partial charge on any atom is -0.454 e. The van der Waals surface area contributed by atoms with E-state index in [0.29, 0.717) is 11.3 Å². The maximum Gasteiger partial charge on any atom is 0.325 e. The van der Waals surface area contributed by atoms with Gasteiger partial charge >= 0.3 is 5.97 Å². The van der Waals surface area contributed by atoms with Gasteiger partial charge in [0.2, 0.25) is 0 Å². The Bertz CT molecular complexity index is 878. The molecule has 0 atom stereocenters. The molecule has 0 unspecified atom stereocenters. The molecule has 30 heavy (non-hydrogen) atoms. The van der Waals surface area contributed by atoms with Crippen molar-refractivity contribution in [3.05, 3.63) is 58.6 Å². The van der Waals surface area contributed by atoms with Crippen molar-refractivity contribution in [2.45, 2.75) is 19.3 Å². The van der Waals surface area contributed by atoms with E-state index in [0.717, 1.165) is 23.2 Å². The van der Waals surface area contributed by atoms with Crippen molar-refractivity contribution >= 4 is 45.1 Å². The lowest BCUT2D eigenvalue weighted by atomic mass is 10.1. The van der Waals surface area contributed by atoms with Crippen LogP contribution >= 0.6 is 15.9 Å². The second kappa shape index (κ2) is 10.8. The number of hydrogen-bond donors (Lipinski definition) is 2. The van der Waals surface area contributed by atoms with Crippen LogP contribution < -0.4 is 15.5 Å². The van der Waals surface area contributed by atoms with Gasteiger partial charge in [-0.2, -0.15) is 0 Å². The minimum absolute atomic E-state index is 0.313. The molecule has 8 heteroatoms. The van der Waals surface area contributed by atoms with E-state index in [9.17, 15) is 14.4 Å². The number of nitrogens with zero attached hydrogens (tertiary/aromatic N) is 1. The Morgan fingerprint density at radius 1 is 0.933 bits per heavy atom. The van der Waals surface area contributed by atoms with Crippen LogP contribution in [0.5, 0.6) is 0 Å². The van der Waals surface area contributed by atoms with Gasteiger partial charge in [-0.1, -0.05) is 15.9 Å². The fourth-order valence-corrected chi connectivity index (χ4v) is 3.42. The third-order valence-electron chi connectivity index (χ3n) is 4.74. The number of esters is 1. The molecule has 2 aromatic rings. The zero-order chi connectivity index (χ0) is 21.3. The molecular formula is C22H24BrN3O4. The van der Waals surface area contributed by atoms with Gasteiger partial charge in [-0.05, 0) is 67.8 Å². The summed E-state index contributed by atoms with van der Waals surface area (Å²) in [7, 11) is 0. The first-order valence-corrected chi connectivity index (χ1v) is 10.6. The maximum atomic E-state index is 12.0. The van der Waals surface area contributed by atoms with Crippen molar-refractivity contribution in [2.75, 3.05) is 36.5 Å². The summed E-state index contributed by atoms with van der Waals surface area (Å²) < 4.78 is 5.77. The van der Waals surface area contributed by atoms with Crippen molar-refractivity contribution < 1.29 is 19.1 Å². The lowest BCUT2D eigenvalue weighted by Gasteiger charge is -2.28. The quantitative estimate of drug-likeness (QED) is 0.602. The molecule has 0 radical (unpaired) electrons. The first-order chi connectivity index (χ1) is 14.5. The molecule has 1 heterocycles. The number of anilines is 2. The summed E-state index contributed by atoms with van der Waals surface area (Å²) in [5.74, 6) is -1.51. The molecule has 2 amide bonds. The van der Waals surface area contributed by atoms with Crippen LogP contribution in [-0.4, -0.2) is 44.0 Å². The SMILES string of the molecule is O=C(COC(=O)CNC(=O)c1ccc(Br)cc1)Nc1ccc(N2CCCCC2)cc1. The van der Waals surface area contributed by atoms with Crippen LogP contribution in [0.2, 0.25) is 0 Å². The van der Waals surface area contributed by atoms with Crippen LogP contribution in [0.1, 0.15) is 29.6 Å². The number of carbonyl (C=O) groups excluding carboxylic acids is 3. The molecule has 0 aromatic heterocycles. The highest BCUT2D eigenvalue weighted by Gasteiger charge is 2.13. The molecule has 0 spiro atoms. The Morgan fingerprint density at radius 3 is 2.27 bits per heavy atom. The zero-order valence-corrected chi connectivity index (χ0v) is 18.1. The normalized spacial score (nSPS) is 13.4. The molecule has 2 aromatic carbocycles. The maximum absolute atomic E-state index is 12.0. The average Bonchev–Trinajstić information content (AvgIpc) is 2.77. The molecule has 1 saturated heterocycles. The van der Waals surface area contributed by atoms with E-state index in [-0.39, 0.29) is 6.54 Å². The van der Waals surface area contributed by atoms with Gasteiger partial charge in [-0.15, -0.1) is 0 Å². The Hall–Kier alpha value is -2.87. The minimum atomic E-state index is -0.684. The Balaban J connectivity index is 1.38. The summed E-state index contributed by atoms with van der Waals surface area (Å²) in [6.07, 6.45) is 3.68. The number of rotatable bonds is 7. The third kappa shape index (κ3) is 6.59. The number of hydrogen-bond acceptors (Lipinski definition) is 5. The van der Waals surface area contributed by atoms with Crippen molar-refractivity contribution in [1.29, 1.82) is 0 Å². The van der Waals surface area contributed by atoms with Crippen molar-refractivity contribution in [3.63, 3.8) is 0 Å². The lowest BCUT2D eigenvalue weighted by Crippen LogP contribution is -2.32. The van der Waals surface area contributed by atoms with Crippen molar-refractivity contribution in [2.24, 2.45) is 0 Å². The second-order valence-corrected chi connectivity index (χ2v) is 7.91. The number of carbonyl (C=O) groups is 3. The average molecular weight is 474 g/mol. The molecule has 7 nitrogen and oxygen atoms in total. The topological polar surface area (TPSA) is 87.7 Å². The lowest BCUT2D eigenvalue weighted by molar-refractivity contribution is -0.146. The summed E-state index contributed by atoms with van der Waals surface area (Å²) in [6.45, 7) is 1.38. The number of nitrogens with one attached hydrogen (secondary N) is 2. The Labute approximate surface area is 183 Å². The van der Waals surface area contributed by atoms with Crippen LogP contribution in [0.15, 0.2) is 53.0 Å². The number of ether oxygens (including phenoxy) is 1. The van der Waals surface area contributed by atoms with Crippen LogP contribution in [0.25, 0.3) is 0 Å². The zero-order valence-electron chi connectivity index (χ0n) is 16.5. The van der Waals surface area contributed by atoms with Gasteiger partial charge in [0.15, 0.2) is 6.61 Å². The fraction of sp³-hybridized carbons (Fsp3) is 0.318. The number of amides is 2. The summed E-state index contributed by atoms with van der Waals surface area (Å²) in [6, 6.07) is 14.4. The van der Waals surface area contributed by atoms with E-state index in [1.165, 1.54) is 19.3 Å². The predicted molar refractivity (Wildman–Crippen MR) is 119 cm³/mol. The highest BCUT2D eigenvalue weighted by Crippen LogP contribution is 2.21. The molecular weight excluding hydrogens is 450 g/mol. The summed E-state index contributed by atoms with van der Waals surface area (Å²) in [4.78, 5) is 38.1. The van der Waals surface area contributed by atoms with Crippen molar-refractivity contribution in [3.8, 4) is 0 Å². The van der Waals surface area contributed by atoms with Crippen LogP contribution in [0.4, 0.5) is 11.4 Å². The smallest absolute Gasteiger partial charge is 0.325 e. The molecule has 0 saturated carbocycles. The molecule has 0 aliphatic carbocycles. The van der Waals surface area contributed by atoms with Gasteiger partial charge in [0.05, 0.1) is 0 Å². The van der Waals surface area contributed by atoms with Gasteiger partial charge in [0.25, 0.3) is 11.8 Å². The number of piperidine rings is 1. The van der Waals surface area contributed by atoms with E-state index in [1.807, 2.05) is 24.3 Å². The molecule has 2 N–H and O–H groups in total. The Kier molecular flexibility index (Phi) is 7.84. The first-order valence-electron chi connectivity index (χ1n) is 9.85. The van der Waals surface area contributed by atoms with Gasteiger partial charge in [-0.25, -0.2) is 0 Å². The van der Waals surface area contributed by atoms with E-state index in [1.54, 1.807) is 24.3 Å². The van der Waals surface area contributed by atoms with Gasteiger partial charge in [-0.3, -0.25) is 14.4 Å². The van der Waals surface area contributed by atoms with Gasteiger partial charge < -0.3 is 20.3 Å². The van der Waals surface area contributed by atoms with Gasteiger partial charge in [0, 0.05) is 34.5 Å². The molecule has 158 valence electrons. The van der Waals surface area contributed by atoms with E-state index in [4.69, 9.17) is 4.74 Å². The molecule has 0 bridgehead atoms. The summed E-state index contributed by atoms with van der Waals surface area (Å²) in [5, 5.41) is 5.16. The largest absolute Gasteiger partial charge is 0.454 e. The standard InChI is InChI=1S/C22H24BrN3O4/c23-17-6-4-16(5-7-17)22(29)24-14-21(28)30-15-20(27)25-18-8-10-19(11-9-18)26-12-2-1-3-13-26/h4-11H,1-3,12-15H2,(H,24,29)(H,25,27). The van der Waals surface area contributed by atoms with E-state index >= 15 is 0 Å². The van der Waals surface area contributed by atoms with Crippen molar-refractivity contribution in [1.82, 2.24) is 5.32 Å². The molecule has 1 aliphatic rings. The van der Waals surface area contributed by atoms with Crippen LogP contribution in [-0.2, 0) is 14.3 Å². The highest BCUT2D eigenvalue weighted by atomic mass is 79.9. The van der Waals surface area contributed by atoms with E-state index < -0.39 is 24.4 Å². The molecule has 1 fully saturated rings. The summed E-state index contributed by atoms with van der Waals surface area (Å²) in [5.41, 5.74) is 2.21. The predicted octanol–water partition coefficient (Wildman–Crippen LogP) is 3.35. The second-order valence-electron chi connectivity index (χ2n) is 6.99. The number of benzene rings is 2. The third-order valence-corrected chi connectivity index (χ3v) is 5.26. The first kappa shape index (κ1) is 21.8. The van der Waals surface area contributed by atoms with Crippen LogP contribution in [0, 0.1) is 0 Å². The van der Waals surface area contributed by atoms with Crippen LogP contribution in [0.3, 0.4) is 0 Å². The monoisotopic (exact) mass is 473 g/mol. The summed E-state index contributed by atoms with van der Waals surface area (Å²) >= 11 is 3.29. The number of halogens is 1. The Morgan fingerprint density at radius 2 is 1.60 bits per heavy atom.